The number of amidine groups is 1. The van der Waals surface area contributed by atoms with E-state index in [9.17, 15) is 13.2 Å². The molecule has 3 aromatic carbocycles. The number of carbonyl (C=O) groups is 1. The number of hydrogen-bond donors (Lipinski definition) is 4. The Bertz CT molecular complexity index is 1220. The number of nitrogen functional groups attached to an aromatic ring is 1. The minimum Gasteiger partial charge on any atom is -0.384 e. The Labute approximate surface area is 175 Å². The predicted octanol–water partition coefficient (Wildman–Crippen LogP) is 2.52. The molecule has 0 radical (unpaired) electrons. The highest BCUT2D eigenvalue weighted by atomic mass is 32.2. The Hall–Kier alpha value is -3.49. The Balaban J connectivity index is 1.84. The van der Waals surface area contributed by atoms with Gasteiger partial charge in [-0.2, -0.15) is 0 Å². The summed E-state index contributed by atoms with van der Waals surface area (Å²) in [7, 11) is -3.80. The van der Waals surface area contributed by atoms with Crippen LogP contribution in [0.15, 0.2) is 71.6 Å². The summed E-state index contributed by atoms with van der Waals surface area (Å²) in [6.07, 6.45) is 0. The van der Waals surface area contributed by atoms with Gasteiger partial charge in [0.1, 0.15) is 5.84 Å². The second-order valence-corrected chi connectivity index (χ2v) is 8.42. The van der Waals surface area contributed by atoms with Crippen molar-refractivity contribution in [3.05, 3.63) is 89.0 Å². The average molecular weight is 423 g/mol. The van der Waals surface area contributed by atoms with Gasteiger partial charge in [0.25, 0.3) is 5.91 Å². The van der Waals surface area contributed by atoms with E-state index in [1.165, 1.54) is 12.1 Å². The van der Waals surface area contributed by atoms with E-state index in [2.05, 4.69) is 5.32 Å². The molecule has 0 saturated heterocycles. The van der Waals surface area contributed by atoms with Gasteiger partial charge in [-0.25, -0.2) is 13.6 Å². The molecule has 0 aromatic heterocycles. The number of nitrogens with two attached hydrogens (primary N) is 2. The van der Waals surface area contributed by atoms with Crippen molar-refractivity contribution in [2.75, 3.05) is 0 Å². The fourth-order valence-electron chi connectivity index (χ4n) is 3.11. The number of carbonyl (C=O) groups excluding carboxylic acids is 1. The van der Waals surface area contributed by atoms with Gasteiger partial charge in [-0.05, 0) is 47.4 Å². The van der Waals surface area contributed by atoms with Gasteiger partial charge in [-0.1, -0.05) is 48.5 Å². The fraction of sp³-hybridized carbons (Fsp3) is 0.0909. The summed E-state index contributed by atoms with van der Waals surface area (Å²) in [5.41, 5.74) is 9.56. The molecule has 0 spiro atoms. The van der Waals surface area contributed by atoms with E-state index in [-0.39, 0.29) is 16.6 Å². The third kappa shape index (κ3) is 4.73. The Morgan fingerprint density at radius 1 is 1.00 bits per heavy atom. The summed E-state index contributed by atoms with van der Waals surface area (Å²) in [6.45, 7) is 2.09. The molecule has 8 heteroatoms. The first-order chi connectivity index (χ1) is 14.2. The second kappa shape index (κ2) is 8.48. The van der Waals surface area contributed by atoms with Crippen LogP contribution in [0.25, 0.3) is 11.1 Å². The number of nitrogens with one attached hydrogen (secondary N) is 2. The molecule has 1 amide bonds. The van der Waals surface area contributed by atoms with Gasteiger partial charge in [0.2, 0.25) is 10.0 Å². The molecule has 0 fully saturated rings. The zero-order chi connectivity index (χ0) is 21.9. The van der Waals surface area contributed by atoms with Crippen LogP contribution in [0.1, 0.15) is 27.0 Å². The number of rotatable bonds is 6. The summed E-state index contributed by atoms with van der Waals surface area (Å²) < 4.78 is 23.2. The van der Waals surface area contributed by atoms with Crippen molar-refractivity contribution in [2.24, 2.45) is 10.9 Å². The molecule has 3 aromatic rings. The molecular formula is C22H22N4O3S. The van der Waals surface area contributed by atoms with Crippen LogP contribution in [-0.2, 0) is 16.6 Å². The minimum absolute atomic E-state index is 0.0108. The lowest BCUT2D eigenvalue weighted by molar-refractivity contribution is 0.0951. The van der Waals surface area contributed by atoms with E-state index in [4.69, 9.17) is 16.3 Å². The van der Waals surface area contributed by atoms with E-state index < -0.39 is 10.0 Å². The third-order valence-electron chi connectivity index (χ3n) is 4.71. The molecule has 7 nitrogen and oxygen atoms in total. The summed E-state index contributed by atoms with van der Waals surface area (Å²) >= 11 is 0. The van der Waals surface area contributed by atoms with Gasteiger partial charge in [-0.3, -0.25) is 10.2 Å². The molecule has 3 rings (SSSR count). The van der Waals surface area contributed by atoms with Crippen LogP contribution < -0.4 is 16.2 Å². The smallest absolute Gasteiger partial charge is 0.252 e. The van der Waals surface area contributed by atoms with E-state index in [1.54, 1.807) is 49.4 Å². The van der Waals surface area contributed by atoms with Crippen molar-refractivity contribution in [3.63, 3.8) is 0 Å². The lowest BCUT2D eigenvalue weighted by atomic mass is 9.95. The van der Waals surface area contributed by atoms with Crippen LogP contribution in [0, 0.1) is 12.3 Å². The number of primary sulfonamides is 1. The van der Waals surface area contributed by atoms with Crippen LogP contribution in [-0.4, -0.2) is 20.2 Å². The fourth-order valence-corrected chi connectivity index (χ4v) is 3.71. The molecule has 0 unspecified atom stereocenters. The Morgan fingerprint density at radius 3 is 2.27 bits per heavy atom. The Morgan fingerprint density at radius 2 is 1.67 bits per heavy atom. The number of hydrogen-bond acceptors (Lipinski definition) is 4. The van der Waals surface area contributed by atoms with Gasteiger partial charge in [0.15, 0.2) is 0 Å². The zero-order valence-corrected chi connectivity index (χ0v) is 17.2. The second-order valence-electron chi connectivity index (χ2n) is 6.86. The summed E-state index contributed by atoms with van der Waals surface area (Å²) in [5, 5.41) is 15.5. The number of sulfonamides is 1. The highest BCUT2D eigenvalue weighted by molar-refractivity contribution is 7.89. The van der Waals surface area contributed by atoms with Crippen molar-refractivity contribution in [2.45, 2.75) is 18.4 Å². The van der Waals surface area contributed by atoms with E-state index in [1.807, 2.05) is 12.1 Å². The number of aryl methyl sites for hydroxylation is 1. The Kier molecular flexibility index (Phi) is 6.00. The predicted molar refractivity (Wildman–Crippen MR) is 117 cm³/mol. The first kappa shape index (κ1) is 21.2. The number of amides is 1. The van der Waals surface area contributed by atoms with Crippen molar-refractivity contribution >= 4 is 21.8 Å². The van der Waals surface area contributed by atoms with Gasteiger partial charge >= 0.3 is 0 Å². The lowest BCUT2D eigenvalue weighted by Crippen LogP contribution is -2.23. The highest BCUT2D eigenvalue weighted by Crippen LogP contribution is 2.28. The molecule has 30 heavy (non-hydrogen) atoms. The van der Waals surface area contributed by atoms with Crippen LogP contribution >= 0.6 is 0 Å². The van der Waals surface area contributed by atoms with E-state index in [0.29, 0.717) is 28.8 Å². The normalized spacial score (nSPS) is 11.1. The van der Waals surface area contributed by atoms with Crippen molar-refractivity contribution in [3.8, 4) is 11.1 Å². The van der Waals surface area contributed by atoms with Crippen molar-refractivity contribution in [1.29, 1.82) is 5.41 Å². The SMILES string of the molecule is Cc1cc(S(N)(=O)=O)ccc1-c1ccccc1C(=O)NCc1ccc(C(=N)N)cc1. The molecular weight excluding hydrogens is 400 g/mol. The molecule has 0 atom stereocenters. The van der Waals surface area contributed by atoms with Crippen molar-refractivity contribution in [1.82, 2.24) is 5.32 Å². The van der Waals surface area contributed by atoms with Crippen molar-refractivity contribution < 1.29 is 13.2 Å². The third-order valence-corrected chi connectivity index (χ3v) is 5.62. The van der Waals surface area contributed by atoms with E-state index >= 15 is 0 Å². The maximum atomic E-state index is 12.8. The maximum absolute atomic E-state index is 12.8. The standard InChI is InChI=1S/C22H22N4O3S/c1-14-12-17(30(25,28)29)10-11-18(14)19-4-2-3-5-20(19)22(27)26-13-15-6-8-16(9-7-15)21(23)24/h2-12H,13H2,1H3,(H3,23,24)(H,26,27)(H2,25,28,29). The number of benzene rings is 3. The molecule has 6 N–H and O–H groups in total. The van der Waals surface area contributed by atoms with Crippen LogP contribution in [0.3, 0.4) is 0 Å². The summed E-state index contributed by atoms with van der Waals surface area (Å²) in [4.78, 5) is 12.9. The minimum atomic E-state index is -3.80. The quantitative estimate of drug-likeness (QED) is 0.358. The molecule has 0 aliphatic rings. The first-order valence-electron chi connectivity index (χ1n) is 9.11. The molecule has 0 aliphatic carbocycles. The molecule has 0 bridgehead atoms. The van der Waals surface area contributed by atoms with E-state index in [0.717, 1.165) is 11.1 Å². The monoisotopic (exact) mass is 422 g/mol. The van der Waals surface area contributed by atoms with Crippen LogP contribution in [0.5, 0.6) is 0 Å². The molecule has 0 saturated carbocycles. The van der Waals surface area contributed by atoms with Gasteiger partial charge < -0.3 is 11.1 Å². The maximum Gasteiger partial charge on any atom is 0.252 e. The molecule has 0 heterocycles. The summed E-state index contributed by atoms with van der Waals surface area (Å²) in [5.74, 6) is -0.264. The first-order valence-corrected chi connectivity index (χ1v) is 10.7. The zero-order valence-electron chi connectivity index (χ0n) is 16.3. The highest BCUT2D eigenvalue weighted by Gasteiger charge is 2.16. The molecule has 154 valence electrons. The average Bonchev–Trinajstić information content (AvgIpc) is 2.71. The van der Waals surface area contributed by atoms with Crippen LogP contribution in [0.2, 0.25) is 0 Å². The topological polar surface area (TPSA) is 139 Å². The largest absolute Gasteiger partial charge is 0.384 e. The van der Waals surface area contributed by atoms with Gasteiger partial charge in [0.05, 0.1) is 4.90 Å². The van der Waals surface area contributed by atoms with Gasteiger partial charge in [-0.15, -0.1) is 0 Å². The molecule has 0 aliphatic heterocycles. The van der Waals surface area contributed by atoms with Gasteiger partial charge in [0, 0.05) is 17.7 Å². The van der Waals surface area contributed by atoms with Crippen LogP contribution in [0.4, 0.5) is 0 Å². The summed E-state index contributed by atoms with van der Waals surface area (Å²) in [6, 6.07) is 18.8. The lowest BCUT2D eigenvalue weighted by Gasteiger charge is -2.13.